The lowest BCUT2D eigenvalue weighted by atomic mass is 10.1. The lowest BCUT2D eigenvalue weighted by Crippen LogP contribution is -2.38. The van der Waals surface area contributed by atoms with Gasteiger partial charge in [0.1, 0.15) is 18.1 Å². The Hall–Kier alpha value is -3.62. The van der Waals surface area contributed by atoms with Crippen LogP contribution in [0.15, 0.2) is 48.6 Å². The van der Waals surface area contributed by atoms with Crippen LogP contribution < -0.4 is 18.9 Å². The van der Waals surface area contributed by atoms with Crippen molar-refractivity contribution in [3.63, 3.8) is 0 Å². The van der Waals surface area contributed by atoms with Gasteiger partial charge in [0.05, 0.1) is 26.7 Å². The van der Waals surface area contributed by atoms with Crippen LogP contribution in [0, 0.1) is 0 Å². The third-order valence-electron chi connectivity index (χ3n) is 5.64. The van der Waals surface area contributed by atoms with Gasteiger partial charge in [0, 0.05) is 31.3 Å². The summed E-state index contributed by atoms with van der Waals surface area (Å²) in [6, 6.07) is 10.9. The molecular formula is C27H29NO7. The summed E-state index contributed by atoms with van der Waals surface area (Å²) in [4.78, 5) is 26.8. The zero-order chi connectivity index (χ0) is 24.5. The Morgan fingerprint density at radius 1 is 0.971 bits per heavy atom. The van der Waals surface area contributed by atoms with Gasteiger partial charge >= 0.3 is 0 Å². The molecule has 4 rings (SSSR count). The Morgan fingerprint density at radius 3 is 2.54 bits per heavy atom. The second-order valence-corrected chi connectivity index (χ2v) is 8.09. The van der Waals surface area contributed by atoms with Crippen molar-refractivity contribution in [2.75, 3.05) is 53.4 Å². The van der Waals surface area contributed by atoms with Crippen LogP contribution >= 0.6 is 0 Å². The minimum Gasteiger partial charge on any atom is -0.496 e. The molecule has 0 saturated carbocycles. The predicted octanol–water partition coefficient (Wildman–Crippen LogP) is 3.39. The van der Waals surface area contributed by atoms with Gasteiger partial charge in [-0.1, -0.05) is 12.1 Å². The number of ether oxygens (including phenoxy) is 5. The summed E-state index contributed by atoms with van der Waals surface area (Å²) in [6.45, 7) is 4.95. The van der Waals surface area contributed by atoms with E-state index in [9.17, 15) is 9.59 Å². The van der Waals surface area contributed by atoms with E-state index >= 15 is 0 Å². The zero-order valence-corrected chi connectivity index (χ0v) is 19.7. The average molecular weight is 480 g/mol. The Bertz CT molecular complexity index is 1100. The van der Waals surface area contributed by atoms with Crippen LogP contribution in [0.4, 0.5) is 0 Å². The van der Waals surface area contributed by atoms with Crippen molar-refractivity contribution in [3.8, 4) is 23.0 Å². The molecule has 35 heavy (non-hydrogen) atoms. The molecule has 0 bridgehead atoms. The molecule has 0 aliphatic carbocycles. The van der Waals surface area contributed by atoms with Gasteiger partial charge in [0.15, 0.2) is 23.1 Å². The van der Waals surface area contributed by atoms with Gasteiger partial charge in [-0.3, -0.25) is 14.5 Å². The van der Waals surface area contributed by atoms with Gasteiger partial charge in [0.2, 0.25) is 6.79 Å². The molecule has 0 amide bonds. The average Bonchev–Trinajstić information content (AvgIpc) is 3.35. The van der Waals surface area contributed by atoms with Crippen molar-refractivity contribution in [3.05, 3.63) is 59.7 Å². The van der Waals surface area contributed by atoms with Gasteiger partial charge in [-0.05, 0) is 48.1 Å². The van der Waals surface area contributed by atoms with Crippen LogP contribution in [0.5, 0.6) is 23.0 Å². The molecular weight excluding hydrogens is 450 g/mol. The molecule has 0 atom stereocenters. The first kappa shape index (κ1) is 24.5. The molecule has 0 N–H and O–H groups in total. The number of ketones is 2. The standard InChI is InChI=1S/C27H29NO7/c1-31-26-18-24(33-15-12-28-10-13-32-14-11-28)8-5-21(26)4-7-23(30)17-22(29)6-2-20-3-9-25-27(16-20)35-19-34-25/h2-9,16,18H,10-15,17,19H2,1H3. The first-order valence-corrected chi connectivity index (χ1v) is 11.5. The first-order chi connectivity index (χ1) is 17.1. The molecule has 1 fully saturated rings. The number of nitrogens with zero attached hydrogens (tertiary/aromatic N) is 1. The summed E-state index contributed by atoms with van der Waals surface area (Å²) in [6.07, 6.45) is 5.87. The topological polar surface area (TPSA) is 83.5 Å². The Labute approximate surface area is 204 Å². The molecule has 0 radical (unpaired) electrons. The largest absolute Gasteiger partial charge is 0.496 e. The molecule has 2 aromatic carbocycles. The highest BCUT2D eigenvalue weighted by Crippen LogP contribution is 2.32. The van der Waals surface area contributed by atoms with Crippen LogP contribution in [0.25, 0.3) is 12.2 Å². The van der Waals surface area contributed by atoms with Crippen LogP contribution in [0.1, 0.15) is 17.5 Å². The molecule has 1 saturated heterocycles. The second-order valence-electron chi connectivity index (χ2n) is 8.09. The third-order valence-corrected chi connectivity index (χ3v) is 5.64. The van der Waals surface area contributed by atoms with E-state index in [1.807, 2.05) is 18.2 Å². The number of carbonyl (C=O) groups is 2. The van der Waals surface area contributed by atoms with E-state index in [1.165, 1.54) is 12.2 Å². The molecule has 2 aromatic rings. The highest BCUT2D eigenvalue weighted by atomic mass is 16.7. The number of methoxy groups -OCH3 is 1. The predicted molar refractivity (Wildman–Crippen MR) is 131 cm³/mol. The Balaban J connectivity index is 1.26. The van der Waals surface area contributed by atoms with Gasteiger partial charge in [-0.15, -0.1) is 0 Å². The summed E-state index contributed by atoms with van der Waals surface area (Å²) < 4.78 is 27.3. The summed E-state index contributed by atoms with van der Waals surface area (Å²) in [5, 5.41) is 0. The molecule has 0 unspecified atom stereocenters. The third kappa shape index (κ3) is 7.18. The van der Waals surface area contributed by atoms with E-state index in [0.29, 0.717) is 29.6 Å². The molecule has 2 aliphatic heterocycles. The molecule has 2 heterocycles. The van der Waals surface area contributed by atoms with Crippen molar-refractivity contribution < 1.29 is 33.3 Å². The number of rotatable bonds is 11. The molecule has 184 valence electrons. The lowest BCUT2D eigenvalue weighted by Gasteiger charge is -2.26. The maximum atomic E-state index is 12.3. The normalized spacial score (nSPS) is 15.6. The van der Waals surface area contributed by atoms with E-state index in [0.717, 1.165) is 44.0 Å². The summed E-state index contributed by atoms with van der Waals surface area (Å²) >= 11 is 0. The van der Waals surface area contributed by atoms with E-state index < -0.39 is 0 Å². The van der Waals surface area contributed by atoms with E-state index in [-0.39, 0.29) is 24.8 Å². The maximum absolute atomic E-state index is 12.3. The number of morpholine rings is 1. The highest BCUT2D eigenvalue weighted by Gasteiger charge is 2.13. The number of hydrogen-bond acceptors (Lipinski definition) is 8. The summed E-state index contributed by atoms with van der Waals surface area (Å²) in [7, 11) is 1.57. The quantitative estimate of drug-likeness (QED) is 0.358. The van der Waals surface area contributed by atoms with Gasteiger partial charge in [-0.2, -0.15) is 0 Å². The smallest absolute Gasteiger partial charge is 0.231 e. The van der Waals surface area contributed by atoms with E-state index in [4.69, 9.17) is 23.7 Å². The fourth-order valence-electron chi connectivity index (χ4n) is 3.71. The SMILES string of the molecule is COc1cc(OCCN2CCOCC2)ccc1C=CC(=O)CC(=O)C=Cc1ccc2c(c1)OCO2. The van der Waals surface area contributed by atoms with Crippen LogP contribution in [0.2, 0.25) is 0 Å². The molecule has 0 aromatic heterocycles. The Morgan fingerprint density at radius 2 is 1.74 bits per heavy atom. The zero-order valence-electron chi connectivity index (χ0n) is 19.7. The molecule has 8 heteroatoms. The molecule has 0 spiro atoms. The number of carbonyl (C=O) groups excluding carboxylic acids is 2. The van der Waals surface area contributed by atoms with Gasteiger partial charge < -0.3 is 23.7 Å². The van der Waals surface area contributed by atoms with Crippen molar-refractivity contribution in [2.45, 2.75) is 6.42 Å². The number of fused-ring (bicyclic) bond motifs is 1. The minimum absolute atomic E-state index is 0.192. The first-order valence-electron chi connectivity index (χ1n) is 11.5. The van der Waals surface area contributed by atoms with E-state index in [1.54, 1.807) is 37.5 Å². The number of hydrogen-bond donors (Lipinski definition) is 0. The second kappa shape index (κ2) is 12.2. The van der Waals surface area contributed by atoms with Crippen molar-refractivity contribution in [1.29, 1.82) is 0 Å². The van der Waals surface area contributed by atoms with Crippen LogP contribution in [0.3, 0.4) is 0 Å². The van der Waals surface area contributed by atoms with E-state index in [2.05, 4.69) is 4.90 Å². The van der Waals surface area contributed by atoms with Crippen molar-refractivity contribution >= 4 is 23.7 Å². The number of allylic oxidation sites excluding steroid dienone is 2. The molecule has 8 nitrogen and oxygen atoms in total. The summed E-state index contributed by atoms with van der Waals surface area (Å²) in [5.41, 5.74) is 1.52. The van der Waals surface area contributed by atoms with Crippen LogP contribution in [-0.4, -0.2) is 69.8 Å². The van der Waals surface area contributed by atoms with Gasteiger partial charge in [0.25, 0.3) is 0 Å². The fourth-order valence-corrected chi connectivity index (χ4v) is 3.71. The Kier molecular flexibility index (Phi) is 8.53. The van der Waals surface area contributed by atoms with Crippen LogP contribution in [-0.2, 0) is 14.3 Å². The van der Waals surface area contributed by atoms with Crippen molar-refractivity contribution in [2.24, 2.45) is 0 Å². The lowest BCUT2D eigenvalue weighted by molar-refractivity contribution is -0.121. The minimum atomic E-state index is -0.293. The maximum Gasteiger partial charge on any atom is 0.231 e. The molecule has 2 aliphatic rings. The number of benzene rings is 2. The van der Waals surface area contributed by atoms with Crippen molar-refractivity contribution in [1.82, 2.24) is 4.90 Å². The monoisotopic (exact) mass is 479 g/mol. The fraction of sp³-hybridized carbons (Fsp3) is 0.333. The summed E-state index contributed by atoms with van der Waals surface area (Å²) in [5.74, 6) is 2.03. The highest BCUT2D eigenvalue weighted by molar-refractivity contribution is 6.11. The van der Waals surface area contributed by atoms with Gasteiger partial charge in [-0.25, -0.2) is 0 Å².